The minimum Gasteiger partial charge on any atom is -0.457 e. The highest BCUT2D eigenvalue weighted by atomic mass is 31.1. The van der Waals surface area contributed by atoms with Gasteiger partial charge < -0.3 is 10.1 Å². The predicted molar refractivity (Wildman–Crippen MR) is 105 cm³/mol. The Morgan fingerprint density at radius 3 is 2.68 bits per heavy atom. The van der Waals surface area contributed by atoms with Crippen LogP contribution in [0.4, 0.5) is 0 Å². The molecule has 1 saturated carbocycles. The summed E-state index contributed by atoms with van der Waals surface area (Å²) in [6.45, 7) is 0.726. The van der Waals surface area contributed by atoms with Crippen molar-refractivity contribution in [3.05, 3.63) is 71.6 Å². The molecule has 0 radical (unpaired) electrons. The van der Waals surface area contributed by atoms with Gasteiger partial charge in [-0.3, -0.25) is 4.79 Å². The molecule has 0 spiro atoms. The van der Waals surface area contributed by atoms with E-state index in [9.17, 15) is 4.79 Å². The maximum atomic E-state index is 11.8. The summed E-state index contributed by atoms with van der Waals surface area (Å²) in [6, 6.07) is 17.9. The van der Waals surface area contributed by atoms with Gasteiger partial charge >= 0.3 is 0 Å². The molecule has 3 nitrogen and oxygen atoms in total. The molecule has 1 amide bonds. The number of hydrogen-bond acceptors (Lipinski definition) is 2. The maximum absolute atomic E-state index is 11.8. The van der Waals surface area contributed by atoms with Crippen molar-refractivity contribution in [3.8, 4) is 11.5 Å². The van der Waals surface area contributed by atoms with E-state index in [1.54, 1.807) is 0 Å². The van der Waals surface area contributed by atoms with E-state index in [0.29, 0.717) is 14.7 Å². The van der Waals surface area contributed by atoms with Crippen LogP contribution in [0, 0.1) is 0 Å². The topological polar surface area (TPSA) is 38.3 Å². The molecule has 130 valence electrons. The number of carbonyl (C=O) groups excluding carboxylic acids is 1. The fraction of sp³-hybridized carbons (Fsp3) is 0.286. The van der Waals surface area contributed by atoms with Gasteiger partial charge in [0.05, 0.1) is 0 Å². The van der Waals surface area contributed by atoms with Crippen LogP contribution in [-0.4, -0.2) is 18.6 Å². The minimum absolute atomic E-state index is 0.164. The molecular formula is C21H24NO2P. The smallest absolute Gasteiger partial charge is 0.224 e. The van der Waals surface area contributed by atoms with Crippen molar-refractivity contribution >= 4 is 14.5 Å². The van der Waals surface area contributed by atoms with E-state index in [4.69, 9.17) is 4.74 Å². The van der Waals surface area contributed by atoms with E-state index in [-0.39, 0.29) is 5.91 Å². The Kier molecular flexibility index (Phi) is 6.64. The monoisotopic (exact) mass is 353 g/mol. The van der Waals surface area contributed by atoms with Crippen LogP contribution in [0.5, 0.6) is 11.5 Å². The van der Waals surface area contributed by atoms with Crippen LogP contribution < -0.4 is 10.1 Å². The second kappa shape index (κ2) is 9.39. The number of aryl methyl sites for hydroxylation is 1. The summed E-state index contributed by atoms with van der Waals surface area (Å²) in [5.41, 5.74) is 2.74. The molecule has 1 aliphatic rings. The molecule has 2 aromatic rings. The highest BCUT2D eigenvalue weighted by molar-refractivity contribution is 7.42. The molecule has 0 aliphatic heterocycles. The number of hydrogen-bond donors (Lipinski definition) is 1. The first-order valence-electron chi connectivity index (χ1n) is 8.79. The number of carbonyl (C=O) groups is 1. The molecule has 4 heteroatoms. The number of allylic oxidation sites excluding steroid dienone is 1. The van der Waals surface area contributed by atoms with Crippen LogP contribution in [0.2, 0.25) is 0 Å². The zero-order chi connectivity index (χ0) is 17.3. The number of ether oxygens (including phenoxy) is 1. The van der Waals surface area contributed by atoms with Crippen molar-refractivity contribution in [2.45, 2.75) is 25.7 Å². The molecule has 0 heterocycles. The van der Waals surface area contributed by atoms with E-state index in [2.05, 4.69) is 23.3 Å². The van der Waals surface area contributed by atoms with E-state index >= 15 is 0 Å². The predicted octanol–water partition coefficient (Wildman–Crippen LogP) is 4.88. The second-order valence-electron chi connectivity index (χ2n) is 6.20. The third-order valence-corrected chi connectivity index (χ3v) is 5.09. The largest absolute Gasteiger partial charge is 0.457 e. The highest BCUT2D eigenvalue weighted by Gasteiger charge is 2.10. The summed E-state index contributed by atoms with van der Waals surface area (Å²) in [5, 5.41) is 3.01. The average Bonchev–Trinajstić information content (AvgIpc) is 3.44. The van der Waals surface area contributed by atoms with E-state index in [1.807, 2.05) is 42.5 Å². The molecule has 0 aromatic heterocycles. The van der Waals surface area contributed by atoms with Gasteiger partial charge in [0.2, 0.25) is 5.91 Å². The van der Waals surface area contributed by atoms with Gasteiger partial charge in [-0.25, -0.2) is 0 Å². The molecule has 1 unspecified atom stereocenters. The average molecular weight is 353 g/mol. The van der Waals surface area contributed by atoms with Crippen LogP contribution in [0.1, 0.15) is 24.8 Å². The van der Waals surface area contributed by atoms with Crippen molar-refractivity contribution in [1.29, 1.82) is 0 Å². The SMILES string of the molecule is O=C(CPC=C1CC1)NCCCc1cccc(Oc2ccccc2)c1. The van der Waals surface area contributed by atoms with Gasteiger partial charge in [-0.1, -0.05) is 50.3 Å². The van der Waals surface area contributed by atoms with E-state index in [0.717, 1.165) is 30.9 Å². The first-order chi connectivity index (χ1) is 12.3. The Hall–Kier alpha value is -2.12. The van der Waals surface area contributed by atoms with Gasteiger partial charge in [-0.05, 0) is 55.5 Å². The van der Waals surface area contributed by atoms with Crippen molar-refractivity contribution < 1.29 is 9.53 Å². The maximum Gasteiger partial charge on any atom is 0.224 e. The molecule has 1 atom stereocenters. The third kappa shape index (κ3) is 6.72. The van der Waals surface area contributed by atoms with Crippen molar-refractivity contribution in [2.24, 2.45) is 0 Å². The zero-order valence-electron chi connectivity index (χ0n) is 14.3. The minimum atomic E-state index is 0.164. The molecular weight excluding hydrogens is 329 g/mol. The standard InChI is InChI=1S/C21H24NO2P/c23-21(16-25-15-18-11-12-18)22-13-5-7-17-6-4-10-20(14-17)24-19-8-2-1-3-9-19/h1-4,6,8-10,14-15,25H,5,7,11-13,16H2,(H,22,23). The lowest BCUT2D eigenvalue weighted by atomic mass is 10.1. The summed E-state index contributed by atoms with van der Waals surface area (Å²) >= 11 is 0. The van der Waals surface area contributed by atoms with Gasteiger partial charge in [-0.2, -0.15) is 0 Å². The molecule has 0 bridgehead atoms. The highest BCUT2D eigenvalue weighted by Crippen LogP contribution is 2.32. The Bertz CT molecular complexity index is 722. The molecule has 3 rings (SSSR count). The Morgan fingerprint density at radius 2 is 1.88 bits per heavy atom. The third-order valence-electron chi connectivity index (χ3n) is 3.95. The second-order valence-corrected chi connectivity index (χ2v) is 7.25. The zero-order valence-corrected chi connectivity index (χ0v) is 15.3. The van der Waals surface area contributed by atoms with Crippen LogP contribution in [0.15, 0.2) is 66.0 Å². The van der Waals surface area contributed by atoms with Crippen LogP contribution in [-0.2, 0) is 11.2 Å². The molecule has 0 saturated heterocycles. The lowest BCUT2D eigenvalue weighted by molar-refractivity contribution is -0.118. The summed E-state index contributed by atoms with van der Waals surface area (Å²) in [5.74, 6) is 4.09. The molecule has 2 aromatic carbocycles. The van der Waals surface area contributed by atoms with Crippen LogP contribution >= 0.6 is 8.58 Å². The fourth-order valence-corrected chi connectivity index (χ4v) is 3.47. The Balaban J connectivity index is 1.37. The van der Waals surface area contributed by atoms with Gasteiger partial charge in [0.25, 0.3) is 0 Å². The summed E-state index contributed by atoms with van der Waals surface area (Å²) < 4.78 is 5.86. The Labute approximate surface area is 151 Å². The van der Waals surface area contributed by atoms with Gasteiger partial charge in [0, 0.05) is 12.7 Å². The first-order valence-corrected chi connectivity index (χ1v) is 10.1. The summed E-state index contributed by atoms with van der Waals surface area (Å²) in [6.07, 6.45) is 4.97. The van der Waals surface area contributed by atoms with Gasteiger partial charge in [0.1, 0.15) is 11.5 Å². The summed E-state index contributed by atoms with van der Waals surface area (Å²) in [4.78, 5) is 11.8. The molecule has 1 N–H and O–H groups in total. The lowest BCUT2D eigenvalue weighted by Crippen LogP contribution is -2.25. The fourth-order valence-electron chi connectivity index (χ4n) is 2.48. The van der Waals surface area contributed by atoms with Crippen LogP contribution in [0.3, 0.4) is 0 Å². The quantitative estimate of drug-likeness (QED) is 0.515. The van der Waals surface area contributed by atoms with E-state index < -0.39 is 0 Å². The first kappa shape index (κ1) is 17.7. The van der Waals surface area contributed by atoms with Crippen molar-refractivity contribution in [1.82, 2.24) is 5.32 Å². The number of para-hydroxylation sites is 1. The summed E-state index contributed by atoms with van der Waals surface area (Å²) in [7, 11) is 0.634. The normalized spacial score (nSPS) is 13.0. The van der Waals surface area contributed by atoms with Gasteiger partial charge in [0.15, 0.2) is 0 Å². The number of rotatable bonds is 9. The lowest BCUT2D eigenvalue weighted by Gasteiger charge is -2.08. The molecule has 1 aliphatic carbocycles. The van der Waals surface area contributed by atoms with Crippen LogP contribution in [0.25, 0.3) is 0 Å². The van der Waals surface area contributed by atoms with Gasteiger partial charge in [-0.15, -0.1) is 0 Å². The van der Waals surface area contributed by atoms with Crippen molar-refractivity contribution in [3.63, 3.8) is 0 Å². The Morgan fingerprint density at radius 1 is 1.08 bits per heavy atom. The number of amides is 1. The molecule has 1 fully saturated rings. The van der Waals surface area contributed by atoms with E-state index in [1.165, 1.54) is 24.0 Å². The number of nitrogens with one attached hydrogen (secondary N) is 1. The number of benzene rings is 2. The van der Waals surface area contributed by atoms with Crippen molar-refractivity contribution in [2.75, 3.05) is 12.7 Å². The molecule has 25 heavy (non-hydrogen) atoms.